The van der Waals surface area contributed by atoms with Gasteiger partial charge in [-0.05, 0) is 43.2 Å². The first-order chi connectivity index (χ1) is 15.3. The Hall–Kier alpha value is -4.00. The van der Waals surface area contributed by atoms with Gasteiger partial charge in [0.15, 0.2) is 0 Å². The normalized spacial score (nSPS) is 11.1. The van der Waals surface area contributed by atoms with E-state index in [2.05, 4.69) is 21.8 Å². The molecule has 1 aromatic heterocycles. The van der Waals surface area contributed by atoms with Crippen LogP contribution in [0.15, 0.2) is 54.6 Å². The number of nitrogen functional groups attached to an aromatic ring is 1. The number of halogens is 3. The van der Waals surface area contributed by atoms with Gasteiger partial charge >= 0.3 is 6.18 Å². The number of alkyl halides is 3. The highest BCUT2D eigenvalue weighted by atomic mass is 19.4. The Labute approximate surface area is 182 Å². The fourth-order valence-electron chi connectivity index (χ4n) is 3.08. The van der Waals surface area contributed by atoms with Gasteiger partial charge in [0, 0.05) is 12.2 Å². The van der Waals surface area contributed by atoms with Crippen LogP contribution in [-0.2, 0) is 17.4 Å². The number of nitrogens with two attached hydrogens (primary N) is 1. The van der Waals surface area contributed by atoms with Gasteiger partial charge in [0.1, 0.15) is 17.5 Å². The van der Waals surface area contributed by atoms with Gasteiger partial charge in [0.25, 0.3) is 0 Å². The topological polar surface area (TPSA) is 109 Å². The predicted octanol–water partition coefficient (Wildman–Crippen LogP) is 3.51. The van der Waals surface area contributed by atoms with Crippen molar-refractivity contribution in [3.05, 3.63) is 71.4 Å². The monoisotopic (exact) mass is 442 g/mol. The van der Waals surface area contributed by atoms with Gasteiger partial charge in [-0.2, -0.15) is 23.5 Å². The lowest BCUT2D eigenvalue weighted by Crippen LogP contribution is -2.30. The van der Waals surface area contributed by atoms with Gasteiger partial charge in [-0.3, -0.25) is 4.79 Å². The number of amides is 1. The average molecular weight is 442 g/mol. The van der Waals surface area contributed by atoms with Crippen molar-refractivity contribution >= 4 is 17.4 Å². The van der Waals surface area contributed by atoms with Crippen LogP contribution in [0, 0.1) is 11.3 Å². The maximum atomic E-state index is 12.7. The van der Waals surface area contributed by atoms with Crippen LogP contribution in [0.4, 0.5) is 24.7 Å². The third-order valence-corrected chi connectivity index (χ3v) is 4.66. The van der Waals surface area contributed by atoms with E-state index in [4.69, 9.17) is 5.73 Å². The second kappa shape index (κ2) is 9.87. The van der Waals surface area contributed by atoms with Gasteiger partial charge in [-0.15, -0.1) is 0 Å². The number of carbonyl (C=O) groups is 1. The summed E-state index contributed by atoms with van der Waals surface area (Å²) in [5.74, 6) is -0.111. The first kappa shape index (κ1) is 22.7. The molecule has 0 aliphatic carbocycles. The number of nitrogens with zero attached hydrogens (tertiary/aromatic N) is 3. The fraction of sp³-hybridized carbons (Fsp3) is 0.227. The molecule has 0 unspecified atom stereocenters. The smallest absolute Gasteiger partial charge is 0.382 e. The number of aromatic nitrogens is 2. The SMILES string of the molecule is N#Cc1c(CCCNC(=O)CNc2cccc(C(F)(F)F)c2)nn(-c2ccccc2)c1N. The number of carbonyl (C=O) groups excluding carboxylic acids is 1. The Bertz CT molecular complexity index is 1120. The molecule has 0 saturated carbocycles. The number of rotatable bonds is 8. The van der Waals surface area contributed by atoms with Crippen LogP contribution in [0.2, 0.25) is 0 Å². The molecule has 0 saturated heterocycles. The summed E-state index contributed by atoms with van der Waals surface area (Å²) in [4.78, 5) is 12.0. The average Bonchev–Trinajstić information content (AvgIpc) is 3.10. The lowest BCUT2D eigenvalue weighted by molar-refractivity contribution is -0.137. The van der Waals surface area contributed by atoms with Crippen molar-refractivity contribution in [1.29, 1.82) is 5.26 Å². The van der Waals surface area contributed by atoms with E-state index in [0.29, 0.717) is 30.6 Å². The van der Waals surface area contributed by atoms with Crippen molar-refractivity contribution in [3.8, 4) is 11.8 Å². The van der Waals surface area contributed by atoms with Crippen molar-refractivity contribution in [1.82, 2.24) is 15.1 Å². The van der Waals surface area contributed by atoms with Gasteiger partial charge in [-0.1, -0.05) is 24.3 Å². The summed E-state index contributed by atoms with van der Waals surface area (Å²) in [6.07, 6.45) is -3.51. The zero-order chi connectivity index (χ0) is 23.1. The van der Waals surface area contributed by atoms with Gasteiger partial charge in [-0.25, -0.2) is 4.68 Å². The summed E-state index contributed by atoms with van der Waals surface area (Å²) in [6.45, 7) is 0.145. The molecule has 0 aliphatic heterocycles. The maximum Gasteiger partial charge on any atom is 0.416 e. The molecule has 1 amide bonds. The highest BCUT2D eigenvalue weighted by Gasteiger charge is 2.30. The molecule has 0 fully saturated rings. The van der Waals surface area contributed by atoms with E-state index in [-0.39, 0.29) is 24.0 Å². The van der Waals surface area contributed by atoms with Crippen LogP contribution in [-0.4, -0.2) is 28.8 Å². The fourth-order valence-corrected chi connectivity index (χ4v) is 3.08. The van der Waals surface area contributed by atoms with E-state index in [1.54, 1.807) is 0 Å². The van der Waals surface area contributed by atoms with Crippen LogP contribution in [0.25, 0.3) is 5.69 Å². The first-order valence-corrected chi connectivity index (χ1v) is 9.80. The standard InChI is InChI=1S/C22H21F3N6O/c23-22(24,25)15-6-4-7-16(12-15)29-14-20(32)28-11-5-10-19-18(13-26)21(27)31(30-19)17-8-2-1-3-9-17/h1-4,6-9,12,29H,5,10-11,14,27H2,(H,28,32). The predicted molar refractivity (Wildman–Crippen MR) is 114 cm³/mol. The Balaban J connectivity index is 1.49. The molecule has 4 N–H and O–H groups in total. The summed E-state index contributed by atoms with van der Waals surface area (Å²) in [6, 6.07) is 15.9. The summed E-state index contributed by atoms with van der Waals surface area (Å²) < 4.78 is 39.7. The summed E-state index contributed by atoms with van der Waals surface area (Å²) >= 11 is 0. The second-order valence-electron chi connectivity index (χ2n) is 6.95. The van der Waals surface area contributed by atoms with E-state index in [9.17, 15) is 23.2 Å². The number of benzene rings is 2. The third-order valence-electron chi connectivity index (χ3n) is 4.66. The summed E-state index contributed by atoms with van der Waals surface area (Å²) in [7, 11) is 0. The molecule has 1 heterocycles. The molecule has 0 radical (unpaired) electrons. The Morgan fingerprint density at radius 3 is 2.59 bits per heavy atom. The summed E-state index contributed by atoms with van der Waals surface area (Å²) in [5.41, 5.74) is 7.05. The number of para-hydroxylation sites is 1. The molecule has 3 aromatic rings. The van der Waals surface area contributed by atoms with Crippen molar-refractivity contribution < 1.29 is 18.0 Å². The largest absolute Gasteiger partial charge is 0.416 e. The molecule has 32 heavy (non-hydrogen) atoms. The molecular weight excluding hydrogens is 421 g/mol. The van der Waals surface area contributed by atoms with Crippen molar-refractivity contribution in [2.45, 2.75) is 19.0 Å². The zero-order valence-corrected chi connectivity index (χ0v) is 17.0. The van der Waals surface area contributed by atoms with Crippen molar-refractivity contribution in [2.75, 3.05) is 24.1 Å². The van der Waals surface area contributed by atoms with E-state index in [0.717, 1.165) is 17.8 Å². The van der Waals surface area contributed by atoms with Crippen LogP contribution < -0.4 is 16.4 Å². The molecule has 10 heteroatoms. The molecule has 3 rings (SSSR count). The minimum absolute atomic E-state index is 0.166. The number of hydrogen-bond acceptors (Lipinski definition) is 5. The number of nitrogens with one attached hydrogen (secondary N) is 2. The number of aryl methyl sites for hydroxylation is 1. The van der Waals surface area contributed by atoms with Gasteiger partial charge in [0.2, 0.25) is 5.91 Å². The molecule has 0 spiro atoms. The maximum absolute atomic E-state index is 12.7. The molecule has 0 bridgehead atoms. The third kappa shape index (κ3) is 5.57. The second-order valence-corrected chi connectivity index (χ2v) is 6.95. The van der Waals surface area contributed by atoms with Gasteiger partial charge in [0.05, 0.1) is 23.5 Å². The first-order valence-electron chi connectivity index (χ1n) is 9.80. The highest BCUT2D eigenvalue weighted by Crippen LogP contribution is 2.30. The van der Waals surface area contributed by atoms with Crippen LogP contribution in [0.5, 0.6) is 0 Å². The lowest BCUT2D eigenvalue weighted by atomic mass is 10.1. The summed E-state index contributed by atoms with van der Waals surface area (Å²) in [5, 5.41) is 19.2. The Morgan fingerprint density at radius 1 is 1.16 bits per heavy atom. The minimum atomic E-state index is -4.45. The number of anilines is 2. The zero-order valence-electron chi connectivity index (χ0n) is 17.0. The lowest BCUT2D eigenvalue weighted by Gasteiger charge is -2.10. The van der Waals surface area contributed by atoms with E-state index < -0.39 is 11.7 Å². The number of hydrogen-bond donors (Lipinski definition) is 3. The quantitative estimate of drug-likeness (QED) is 0.463. The van der Waals surface area contributed by atoms with Crippen molar-refractivity contribution in [2.24, 2.45) is 0 Å². The molecule has 2 aromatic carbocycles. The van der Waals surface area contributed by atoms with Crippen LogP contribution in [0.1, 0.15) is 23.2 Å². The van der Waals surface area contributed by atoms with Crippen LogP contribution in [0.3, 0.4) is 0 Å². The van der Waals surface area contributed by atoms with Crippen molar-refractivity contribution in [3.63, 3.8) is 0 Å². The Kier molecular flexibility index (Phi) is 7.00. The highest BCUT2D eigenvalue weighted by molar-refractivity contribution is 5.80. The molecule has 166 valence electrons. The minimum Gasteiger partial charge on any atom is -0.382 e. The Morgan fingerprint density at radius 2 is 1.91 bits per heavy atom. The van der Waals surface area contributed by atoms with E-state index in [1.807, 2.05) is 30.3 Å². The molecule has 7 nitrogen and oxygen atoms in total. The number of nitriles is 1. The van der Waals surface area contributed by atoms with E-state index in [1.165, 1.54) is 16.8 Å². The molecular formula is C22H21F3N6O. The van der Waals surface area contributed by atoms with E-state index >= 15 is 0 Å². The molecule has 0 aliphatic rings. The molecule has 0 atom stereocenters. The van der Waals surface area contributed by atoms with Crippen LogP contribution >= 0.6 is 0 Å². The van der Waals surface area contributed by atoms with Gasteiger partial charge < -0.3 is 16.4 Å².